The Kier molecular flexibility index (Phi) is 6.92. The Morgan fingerprint density at radius 2 is 1.72 bits per heavy atom. The lowest BCUT2D eigenvalue weighted by atomic mass is 9.46. The first-order valence-corrected chi connectivity index (χ1v) is 13.9. The third kappa shape index (κ3) is 4.11. The molecule has 0 heterocycles. The van der Waals surface area contributed by atoms with Gasteiger partial charge in [-0.05, 0) is 97.2 Å². The van der Waals surface area contributed by atoms with E-state index in [0.29, 0.717) is 22.7 Å². The minimum absolute atomic E-state index is 0.106. The van der Waals surface area contributed by atoms with Crippen LogP contribution in [-0.4, -0.2) is 12.1 Å². The second-order valence-corrected chi connectivity index (χ2v) is 13.2. The molecule has 0 amide bonds. The van der Waals surface area contributed by atoms with Gasteiger partial charge in [-0.2, -0.15) is 0 Å². The molecule has 182 valence electrons. The van der Waals surface area contributed by atoms with Crippen LogP contribution in [0.4, 0.5) is 0 Å². The number of carbonyl (C=O) groups is 1. The normalized spacial score (nSPS) is 44.3. The summed E-state index contributed by atoms with van der Waals surface area (Å²) in [5, 5.41) is 0. The lowest BCUT2D eigenvalue weighted by Crippen LogP contribution is -2.53. The van der Waals surface area contributed by atoms with Crippen molar-refractivity contribution in [2.24, 2.45) is 52.3 Å². The number of allylic oxidation sites excluding steroid dienone is 2. The molecule has 32 heavy (non-hydrogen) atoms. The highest BCUT2D eigenvalue weighted by Gasteiger charge is 2.59. The maximum Gasteiger partial charge on any atom is 0.302 e. The van der Waals surface area contributed by atoms with E-state index in [9.17, 15) is 4.79 Å². The van der Waals surface area contributed by atoms with Crippen molar-refractivity contribution >= 4 is 5.97 Å². The summed E-state index contributed by atoms with van der Waals surface area (Å²) in [6, 6.07) is 0. The SMILES string of the molecule is CC(=O)OC1CCC2(C)C3CCC4(C)C(CCC4C(C)CCCC(C)C)C3=CCC2C1C. The second kappa shape index (κ2) is 9.10. The molecule has 0 aliphatic heterocycles. The summed E-state index contributed by atoms with van der Waals surface area (Å²) in [4.78, 5) is 11.6. The van der Waals surface area contributed by atoms with Crippen molar-refractivity contribution in [3.05, 3.63) is 11.6 Å². The highest BCUT2D eigenvalue weighted by molar-refractivity contribution is 5.66. The first-order chi connectivity index (χ1) is 15.1. The monoisotopic (exact) mass is 442 g/mol. The fourth-order valence-electron chi connectivity index (χ4n) is 9.33. The van der Waals surface area contributed by atoms with Gasteiger partial charge in [0.2, 0.25) is 0 Å². The topological polar surface area (TPSA) is 26.3 Å². The fourth-order valence-corrected chi connectivity index (χ4v) is 9.33. The summed E-state index contributed by atoms with van der Waals surface area (Å²) in [6.07, 6.45) is 16.2. The Balaban J connectivity index is 1.50. The molecule has 0 bridgehead atoms. The number of fused-ring (bicyclic) bond motifs is 5. The zero-order chi connectivity index (χ0) is 23.3. The minimum Gasteiger partial charge on any atom is -0.462 e. The standard InChI is InChI=1S/C30H50O2/c1-19(2)9-8-10-20(3)24-13-14-26-23-11-12-25-21(4)28(32-22(5)31)16-18-30(25,7)27(23)15-17-29(24,26)6/h11,19-21,24-28H,8-10,12-18H2,1-7H3. The quantitative estimate of drug-likeness (QED) is 0.306. The van der Waals surface area contributed by atoms with Crippen LogP contribution >= 0.6 is 0 Å². The summed E-state index contributed by atoms with van der Waals surface area (Å²) >= 11 is 0. The van der Waals surface area contributed by atoms with Crippen LogP contribution in [0.5, 0.6) is 0 Å². The average Bonchev–Trinajstić information content (AvgIpc) is 3.07. The van der Waals surface area contributed by atoms with Crippen molar-refractivity contribution in [1.82, 2.24) is 0 Å². The van der Waals surface area contributed by atoms with Crippen LogP contribution in [-0.2, 0) is 9.53 Å². The number of carbonyl (C=O) groups excluding carboxylic acids is 1. The van der Waals surface area contributed by atoms with E-state index < -0.39 is 0 Å². The first-order valence-electron chi connectivity index (χ1n) is 13.9. The summed E-state index contributed by atoms with van der Waals surface area (Å²) in [6.45, 7) is 16.5. The lowest BCUT2D eigenvalue weighted by Gasteiger charge is -2.59. The Morgan fingerprint density at radius 3 is 2.41 bits per heavy atom. The molecule has 0 spiro atoms. The van der Waals surface area contributed by atoms with E-state index >= 15 is 0 Å². The highest BCUT2D eigenvalue weighted by atomic mass is 16.5. The highest BCUT2D eigenvalue weighted by Crippen LogP contribution is 2.67. The van der Waals surface area contributed by atoms with E-state index in [0.717, 1.165) is 36.0 Å². The molecule has 3 saturated carbocycles. The maximum atomic E-state index is 11.6. The zero-order valence-electron chi connectivity index (χ0n) is 22.1. The van der Waals surface area contributed by atoms with Gasteiger partial charge >= 0.3 is 5.97 Å². The van der Waals surface area contributed by atoms with E-state index in [1.54, 1.807) is 6.92 Å². The number of esters is 1. The molecule has 0 aromatic rings. The van der Waals surface area contributed by atoms with Gasteiger partial charge in [0.05, 0.1) is 0 Å². The number of ether oxygens (including phenoxy) is 1. The van der Waals surface area contributed by atoms with Gasteiger partial charge < -0.3 is 4.74 Å². The summed E-state index contributed by atoms with van der Waals surface area (Å²) in [7, 11) is 0. The third-order valence-corrected chi connectivity index (χ3v) is 11.1. The van der Waals surface area contributed by atoms with Crippen molar-refractivity contribution in [2.45, 2.75) is 119 Å². The second-order valence-electron chi connectivity index (χ2n) is 13.2. The number of hydrogen-bond acceptors (Lipinski definition) is 2. The summed E-state index contributed by atoms with van der Waals surface area (Å²) in [5.74, 6) is 5.21. The molecular weight excluding hydrogens is 392 g/mol. The number of hydrogen-bond donors (Lipinski definition) is 0. The molecule has 9 unspecified atom stereocenters. The predicted molar refractivity (Wildman–Crippen MR) is 133 cm³/mol. The average molecular weight is 443 g/mol. The molecule has 9 atom stereocenters. The van der Waals surface area contributed by atoms with E-state index in [2.05, 4.69) is 47.6 Å². The molecule has 3 fully saturated rings. The third-order valence-electron chi connectivity index (χ3n) is 11.1. The van der Waals surface area contributed by atoms with Crippen LogP contribution in [0.15, 0.2) is 11.6 Å². The van der Waals surface area contributed by atoms with Gasteiger partial charge in [0, 0.05) is 6.92 Å². The zero-order valence-corrected chi connectivity index (χ0v) is 22.1. The molecule has 0 saturated heterocycles. The molecule has 2 nitrogen and oxygen atoms in total. The minimum atomic E-state index is -0.106. The van der Waals surface area contributed by atoms with Crippen LogP contribution in [0.2, 0.25) is 0 Å². The van der Waals surface area contributed by atoms with Crippen molar-refractivity contribution < 1.29 is 9.53 Å². The molecule has 0 radical (unpaired) electrons. The van der Waals surface area contributed by atoms with Crippen LogP contribution < -0.4 is 0 Å². The predicted octanol–water partition coefficient (Wildman–Crippen LogP) is 8.21. The van der Waals surface area contributed by atoms with E-state index in [-0.39, 0.29) is 12.1 Å². The maximum absolute atomic E-state index is 11.6. The van der Waals surface area contributed by atoms with Gasteiger partial charge in [0.15, 0.2) is 0 Å². The van der Waals surface area contributed by atoms with Crippen LogP contribution in [0.1, 0.15) is 113 Å². The van der Waals surface area contributed by atoms with Crippen molar-refractivity contribution in [2.75, 3.05) is 0 Å². The molecule has 4 aliphatic carbocycles. The van der Waals surface area contributed by atoms with E-state index in [1.807, 2.05) is 5.57 Å². The summed E-state index contributed by atoms with van der Waals surface area (Å²) in [5.41, 5.74) is 2.76. The largest absolute Gasteiger partial charge is 0.462 e. The van der Waals surface area contributed by atoms with Gasteiger partial charge in [-0.1, -0.05) is 72.5 Å². The van der Waals surface area contributed by atoms with Crippen molar-refractivity contribution in [3.8, 4) is 0 Å². The molecule has 0 N–H and O–H groups in total. The van der Waals surface area contributed by atoms with E-state index in [1.165, 1.54) is 57.8 Å². The van der Waals surface area contributed by atoms with Crippen molar-refractivity contribution in [3.63, 3.8) is 0 Å². The Labute approximate surface area is 198 Å². The fraction of sp³-hybridized carbons (Fsp3) is 0.900. The Morgan fingerprint density at radius 1 is 1.03 bits per heavy atom. The van der Waals surface area contributed by atoms with Gasteiger partial charge in [-0.15, -0.1) is 0 Å². The van der Waals surface area contributed by atoms with E-state index in [4.69, 9.17) is 4.74 Å². The molecule has 0 aromatic heterocycles. The van der Waals surface area contributed by atoms with Gasteiger partial charge in [0.1, 0.15) is 6.10 Å². The summed E-state index contributed by atoms with van der Waals surface area (Å²) < 4.78 is 5.75. The van der Waals surface area contributed by atoms with Gasteiger partial charge in [-0.3, -0.25) is 4.79 Å². The molecular formula is C30H50O2. The molecule has 4 rings (SSSR count). The van der Waals surface area contributed by atoms with Gasteiger partial charge in [0.25, 0.3) is 0 Å². The molecule has 2 heteroatoms. The van der Waals surface area contributed by atoms with Crippen molar-refractivity contribution in [1.29, 1.82) is 0 Å². The van der Waals surface area contributed by atoms with Crippen LogP contribution in [0.3, 0.4) is 0 Å². The first kappa shape index (κ1) is 24.3. The van der Waals surface area contributed by atoms with Crippen LogP contribution in [0, 0.1) is 52.3 Å². The Bertz CT molecular complexity index is 722. The molecule has 4 aliphatic rings. The van der Waals surface area contributed by atoms with Gasteiger partial charge in [-0.25, -0.2) is 0 Å². The molecule has 0 aromatic carbocycles. The Hall–Kier alpha value is -0.790. The van der Waals surface area contributed by atoms with Crippen LogP contribution in [0.25, 0.3) is 0 Å². The smallest absolute Gasteiger partial charge is 0.302 e. The lowest BCUT2D eigenvalue weighted by molar-refractivity contribution is -0.158. The number of rotatable bonds is 6.